The summed E-state index contributed by atoms with van der Waals surface area (Å²) in [6, 6.07) is 7.80. The van der Waals surface area contributed by atoms with Crippen molar-refractivity contribution in [3.63, 3.8) is 0 Å². The summed E-state index contributed by atoms with van der Waals surface area (Å²) in [5, 5.41) is 5.20. The van der Waals surface area contributed by atoms with Crippen LogP contribution in [0.3, 0.4) is 0 Å². The maximum absolute atomic E-state index is 6.01. The molecule has 0 aliphatic rings. The largest absolute Gasteiger partial charge is 0.371 e. The first-order valence-corrected chi connectivity index (χ1v) is 8.03. The minimum absolute atomic E-state index is 0.0804. The minimum atomic E-state index is 0.0804. The van der Waals surface area contributed by atoms with Crippen LogP contribution in [0.4, 0.5) is 5.69 Å². The summed E-state index contributed by atoms with van der Waals surface area (Å²) in [7, 11) is 0. The number of hydrogen-bond donors (Lipinski definition) is 1. The molecule has 116 valence electrons. The van der Waals surface area contributed by atoms with E-state index >= 15 is 0 Å². The highest BCUT2D eigenvalue weighted by molar-refractivity contribution is 6.31. The highest BCUT2D eigenvalue weighted by Crippen LogP contribution is 2.24. The first kappa shape index (κ1) is 16.6. The Labute approximate surface area is 137 Å². The molecule has 0 aliphatic carbocycles. The third kappa shape index (κ3) is 4.37. The first-order chi connectivity index (χ1) is 10.6. The number of pyridine rings is 1. The van der Waals surface area contributed by atoms with Crippen LogP contribution in [0.2, 0.25) is 5.02 Å². The second-order valence-corrected chi connectivity index (χ2v) is 5.60. The van der Waals surface area contributed by atoms with Gasteiger partial charge in [-0.1, -0.05) is 37.3 Å². The van der Waals surface area contributed by atoms with E-state index < -0.39 is 0 Å². The first-order valence-electron chi connectivity index (χ1n) is 7.65. The van der Waals surface area contributed by atoms with Gasteiger partial charge >= 0.3 is 0 Å². The Morgan fingerprint density at radius 1 is 1.27 bits per heavy atom. The number of fused-ring (bicyclic) bond motifs is 1. The fourth-order valence-electron chi connectivity index (χ4n) is 2.27. The molecule has 0 fully saturated rings. The van der Waals surface area contributed by atoms with Gasteiger partial charge < -0.3 is 5.32 Å². The molecule has 0 bridgehead atoms. The number of hydrogen-bond acceptors (Lipinski definition) is 3. The Bertz CT molecular complexity index is 684. The van der Waals surface area contributed by atoms with Gasteiger partial charge in [0.1, 0.15) is 0 Å². The van der Waals surface area contributed by atoms with Crippen molar-refractivity contribution in [2.75, 3.05) is 25.0 Å². The molecule has 0 saturated carbocycles. The standard InChI is InChI=1S/C18H22ClN3/c1-4-22(5-2)12-6-7-14(3)21-17-10-11-20-18-13-15(19)8-9-16(17)18/h8-11,13-14H,4-5,12H2,1-3H3,(H,20,21)/t14-/m0/s1. The fraction of sp³-hybridized carbons (Fsp3) is 0.389. The maximum atomic E-state index is 6.01. The molecule has 1 aromatic carbocycles. The average molecular weight is 316 g/mol. The molecule has 1 atom stereocenters. The highest BCUT2D eigenvalue weighted by atomic mass is 35.5. The normalized spacial score (nSPS) is 12.0. The van der Waals surface area contributed by atoms with Gasteiger partial charge in [-0.2, -0.15) is 0 Å². The van der Waals surface area contributed by atoms with Gasteiger partial charge in [-0.05, 0) is 44.3 Å². The summed E-state index contributed by atoms with van der Waals surface area (Å²) in [5.74, 6) is 6.50. The van der Waals surface area contributed by atoms with E-state index in [0.29, 0.717) is 5.02 Å². The monoisotopic (exact) mass is 315 g/mol. The molecule has 0 aliphatic heterocycles. The SMILES string of the molecule is CCN(CC)CC#C[C@H](C)Nc1ccnc2cc(Cl)ccc12. The van der Waals surface area contributed by atoms with Crippen molar-refractivity contribution in [3.8, 4) is 11.8 Å². The second kappa shape index (κ2) is 8.03. The van der Waals surface area contributed by atoms with E-state index in [0.717, 1.165) is 36.2 Å². The van der Waals surface area contributed by atoms with Crippen molar-refractivity contribution in [1.82, 2.24) is 9.88 Å². The molecule has 22 heavy (non-hydrogen) atoms. The van der Waals surface area contributed by atoms with Gasteiger partial charge in [0.25, 0.3) is 0 Å². The molecule has 0 unspecified atom stereocenters. The van der Waals surface area contributed by atoms with Crippen LogP contribution >= 0.6 is 11.6 Å². The van der Waals surface area contributed by atoms with E-state index in [1.54, 1.807) is 6.20 Å². The molecule has 1 heterocycles. The van der Waals surface area contributed by atoms with Gasteiger partial charge in [-0.15, -0.1) is 0 Å². The summed E-state index contributed by atoms with van der Waals surface area (Å²) in [6.07, 6.45) is 1.79. The average Bonchev–Trinajstić information content (AvgIpc) is 2.51. The van der Waals surface area contributed by atoms with Gasteiger partial charge in [0.2, 0.25) is 0 Å². The molecule has 0 amide bonds. The molecule has 0 spiro atoms. The Morgan fingerprint density at radius 2 is 2.05 bits per heavy atom. The van der Waals surface area contributed by atoms with Crippen LogP contribution in [0.1, 0.15) is 20.8 Å². The van der Waals surface area contributed by atoms with Crippen molar-refractivity contribution < 1.29 is 0 Å². The predicted octanol–water partition coefficient (Wildman–Crippen LogP) is 4.03. The lowest BCUT2D eigenvalue weighted by molar-refractivity contribution is 0.342. The van der Waals surface area contributed by atoms with Crippen LogP contribution in [-0.4, -0.2) is 35.6 Å². The summed E-state index contributed by atoms with van der Waals surface area (Å²) >= 11 is 6.01. The van der Waals surface area contributed by atoms with E-state index in [1.807, 2.05) is 24.3 Å². The Morgan fingerprint density at radius 3 is 2.77 bits per heavy atom. The number of rotatable bonds is 5. The van der Waals surface area contributed by atoms with Gasteiger partial charge in [-0.25, -0.2) is 0 Å². The zero-order valence-corrected chi connectivity index (χ0v) is 14.1. The van der Waals surface area contributed by atoms with Gasteiger partial charge in [0.05, 0.1) is 18.1 Å². The maximum Gasteiger partial charge on any atom is 0.0849 e. The van der Waals surface area contributed by atoms with Crippen molar-refractivity contribution in [2.24, 2.45) is 0 Å². The number of halogens is 1. The molecule has 2 aromatic rings. The van der Waals surface area contributed by atoms with Crippen LogP contribution in [0.15, 0.2) is 30.5 Å². The van der Waals surface area contributed by atoms with Crippen LogP contribution in [0, 0.1) is 11.8 Å². The quantitative estimate of drug-likeness (QED) is 0.844. The number of anilines is 1. The molecular weight excluding hydrogens is 294 g/mol. The van der Waals surface area contributed by atoms with E-state index in [4.69, 9.17) is 11.6 Å². The van der Waals surface area contributed by atoms with Gasteiger partial charge in [0, 0.05) is 22.3 Å². The number of nitrogens with zero attached hydrogens (tertiary/aromatic N) is 2. The van der Waals surface area contributed by atoms with Gasteiger partial charge in [-0.3, -0.25) is 9.88 Å². The summed E-state index contributed by atoms with van der Waals surface area (Å²) < 4.78 is 0. The van der Waals surface area contributed by atoms with Crippen molar-refractivity contribution in [2.45, 2.75) is 26.8 Å². The molecule has 4 heteroatoms. The Hall–Kier alpha value is -1.76. The third-order valence-corrected chi connectivity index (χ3v) is 3.83. The van der Waals surface area contributed by atoms with Gasteiger partial charge in [0.15, 0.2) is 0 Å². The molecular formula is C18H22ClN3. The number of nitrogens with one attached hydrogen (secondary N) is 1. The summed E-state index contributed by atoms with van der Waals surface area (Å²) in [5.41, 5.74) is 1.92. The predicted molar refractivity (Wildman–Crippen MR) is 95.4 cm³/mol. The summed E-state index contributed by atoms with van der Waals surface area (Å²) in [6.45, 7) is 9.25. The Kier molecular flexibility index (Phi) is 6.06. The lowest BCUT2D eigenvalue weighted by atomic mass is 10.1. The smallest absolute Gasteiger partial charge is 0.0849 e. The molecule has 0 saturated heterocycles. The van der Waals surface area contributed by atoms with Crippen molar-refractivity contribution in [3.05, 3.63) is 35.5 Å². The minimum Gasteiger partial charge on any atom is -0.371 e. The lowest BCUT2D eigenvalue weighted by Crippen LogP contribution is -2.23. The number of aromatic nitrogens is 1. The van der Waals surface area contributed by atoms with E-state index in [-0.39, 0.29) is 6.04 Å². The van der Waals surface area contributed by atoms with E-state index in [9.17, 15) is 0 Å². The third-order valence-electron chi connectivity index (χ3n) is 3.59. The van der Waals surface area contributed by atoms with Crippen LogP contribution in [0.5, 0.6) is 0 Å². The van der Waals surface area contributed by atoms with Crippen LogP contribution < -0.4 is 5.32 Å². The molecule has 0 radical (unpaired) electrons. The zero-order valence-electron chi connectivity index (χ0n) is 13.4. The van der Waals surface area contributed by atoms with E-state index in [1.165, 1.54) is 0 Å². The summed E-state index contributed by atoms with van der Waals surface area (Å²) in [4.78, 5) is 6.65. The number of benzene rings is 1. The van der Waals surface area contributed by atoms with Crippen LogP contribution in [0.25, 0.3) is 10.9 Å². The Balaban J connectivity index is 2.09. The van der Waals surface area contributed by atoms with Crippen molar-refractivity contribution in [1.29, 1.82) is 0 Å². The second-order valence-electron chi connectivity index (χ2n) is 5.17. The lowest BCUT2D eigenvalue weighted by Gasteiger charge is -2.14. The fourth-order valence-corrected chi connectivity index (χ4v) is 2.44. The van der Waals surface area contributed by atoms with Crippen molar-refractivity contribution >= 4 is 28.2 Å². The molecule has 3 nitrogen and oxygen atoms in total. The highest BCUT2D eigenvalue weighted by Gasteiger charge is 2.04. The van der Waals surface area contributed by atoms with E-state index in [2.05, 4.69) is 47.8 Å². The molecule has 2 rings (SSSR count). The topological polar surface area (TPSA) is 28.2 Å². The molecule has 1 N–H and O–H groups in total. The van der Waals surface area contributed by atoms with Crippen LogP contribution in [-0.2, 0) is 0 Å². The molecule has 1 aromatic heterocycles. The zero-order chi connectivity index (χ0) is 15.9.